The van der Waals surface area contributed by atoms with Crippen molar-refractivity contribution in [3.05, 3.63) is 58.5 Å². The van der Waals surface area contributed by atoms with Gasteiger partial charge in [0.2, 0.25) is 0 Å². The molecule has 0 amide bonds. The van der Waals surface area contributed by atoms with Crippen LogP contribution in [0.3, 0.4) is 0 Å². The SMILES string of the molecule is Cc1ccc(C(Cl)c2cc(C)c(F)cc2F)o1. The van der Waals surface area contributed by atoms with Crippen LogP contribution in [0.1, 0.15) is 28.0 Å². The third-order valence-corrected chi connectivity index (χ3v) is 3.01. The smallest absolute Gasteiger partial charge is 0.131 e. The first-order valence-corrected chi connectivity index (χ1v) is 5.58. The number of halogens is 3. The van der Waals surface area contributed by atoms with E-state index in [1.807, 2.05) is 0 Å². The lowest BCUT2D eigenvalue weighted by molar-refractivity contribution is 0.483. The Balaban J connectivity index is 2.43. The molecule has 0 fully saturated rings. The van der Waals surface area contributed by atoms with E-state index in [9.17, 15) is 8.78 Å². The minimum absolute atomic E-state index is 0.222. The van der Waals surface area contributed by atoms with E-state index in [0.29, 0.717) is 17.1 Å². The lowest BCUT2D eigenvalue weighted by Crippen LogP contribution is -1.98. The normalized spacial score (nSPS) is 12.8. The Morgan fingerprint density at radius 1 is 1.12 bits per heavy atom. The first-order valence-electron chi connectivity index (χ1n) is 5.15. The van der Waals surface area contributed by atoms with Gasteiger partial charge in [-0.2, -0.15) is 0 Å². The Kier molecular flexibility index (Phi) is 3.20. The van der Waals surface area contributed by atoms with Crippen LogP contribution < -0.4 is 0 Å². The Morgan fingerprint density at radius 3 is 2.41 bits per heavy atom. The molecule has 1 aromatic carbocycles. The molecule has 1 unspecified atom stereocenters. The molecule has 0 N–H and O–H groups in total. The fourth-order valence-electron chi connectivity index (χ4n) is 1.62. The average Bonchev–Trinajstić information content (AvgIpc) is 2.69. The number of furan rings is 1. The molecule has 2 rings (SSSR count). The lowest BCUT2D eigenvalue weighted by Gasteiger charge is -2.10. The van der Waals surface area contributed by atoms with E-state index in [0.717, 1.165) is 6.07 Å². The topological polar surface area (TPSA) is 13.1 Å². The molecule has 90 valence electrons. The molecule has 0 saturated carbocycles. The summed E-state index contributed by atoms with van der Waals surface area (Å²) >= 11 is 6.12. The fourth-order valence-corrected chi connectivity index (χ4v) is 1.90. The lowest BCUT2D eigenvalue weighted by atomic mass is 10.1. The van der Waals surface area contributed by atoms with Crippen molar-refractivity contribution in [2.24, 2.45) is 0 Å². The molecule has 0 aliphatic carbocycles. The van der Waals surface area contributed by atoms with Crippen molar-refractivity contribution in [3.63, 3.8) is 0 Å². The fraction of sp³-hybridized carbons (Fsp3) is 0.231. The van der Waals surface area contributed by atoms with Crippen LogP contribution in [0.25, 0.3) is 0 Å². The highest BCUT2D eigenvalue weighted by atomic mass is 35.5. The van der Waals surface area contributed by atoms with Crippen LogP contribution in [0.2, 0.25) is 0 Å². The maximum Gasteiger partial charge on any atom is 0.131 e. The second-order valence-corrected chi connectivity index (χ2v) is 4.37. The van der Waals surface area contributed by atoms with Crippen molar-refractivity contribution in [3.8, 4) is 0 Å². The number of aryl methyl sites for hydroxylation is 2. The standard InChI is InChI=1S/C13H11ClF2O/c1-7-5-9(11(16)6-10(7)15)13(14)12-4-3-8(2)17-12/h3-6,13H,1-2H3. The Labute approximate surface area is 103 Å². The van der Waals surface area contributed by atoms with Crippen molar-refractivity contribution < 1.29 is 13.2 Å². The summed E-state index contributed by atoms with van der Waals surface area (Å²) in [7, 11) is 0. The first kappa shape index (κ1) is 12.1. The van der Waals surface area contributed by atoms with Gasteiger partial charge in [0, 0.05) is 11.6 Å². The third-order valence-electron chi connectivity index (χ3n) is 2.56. The molecule has 1 nitrogen and oxygen atoms in total. The maximum atomic E-state index is 13.6. The molecule has 17 heavy (non-hydrogen) atoms. The molecule has 4 heteroatoms. The summed E-state index contributed by atoms with van der Waals surface area (Å²) in [5.74, 6) is -0.0909. The van der Waals surface area contributed by atoms with E-state index < -0.39 is 17.0 Å². The predicted molar refractivity (Wildman–Crippen MR) is 62.2 cm³/mol. The highest BCUT2D eigenvalue weighted by molar-refractivity contribution is 6.22. The highest BCUT2D eigenvalue weighted by Crippen LogP contribution is 2.32. The molecule has 2 aromatic rings. The molecule has 0 bridgehead atoms. The van der Waals surface area contributed by atoms with Crippen LogP contribution in [0.5, 0.6) is 0 Å². The second kappa shape index (κ2) is 4.49. The molecule has 0 aliphatic rings. The molecular formula is C13H11ClF2O. The monoisotopic (exact) mass is 256 g/mol. The summed E-state index contributed by atoms with van der Waals surface area (Å²) in [5, 5.41) is -0.747. The van der Waals surface area contributed by atoms with Crippen LogP contribution in [0.15, 0.2) is 28.7 Å². The van der Waals surface area contributed by atoms with Gasteiger partial charge in [0.15, 0.2) is 0 Å². The van der Waals surface area contributed by atoms with Crippen molar-refractivity contribution in [2.75, 3.05) is 0 Å². The van der Waals surface area contributed by atoms with Crippen LogP contribution in [-0.2, 0) is 0 Å². The van der Waals surface area contributed by atoms with Gasteiger partial charge in [0.05, 0.1) is 0 Å². The highest BCUT2D eigenvalue weighted by Gasteiger charge is 2.19. The molecule has 0 saturated heterocycles. The molecular weight excluding hydrogens is 246 g/mol. The molecule has 0 radical (unpaired) electrons. The zero-order chi connectivity index (χ0) is 12.6. The van der Waals surface area contributed by atoms with Crippen molar-refractivity contribution >= 4 is 11.6 Å². The van der Waals surface area contributed by atoms with Crippen LogP contribution in [-0.4, -0.2) is 0 Å². The van der Waals surface area contributed by atoms with Gasteiger partial charge in [-0.15, -0.1) is 11.6 Å². The second-order valence-electron chi connectivity index (χ2n) is 3.93. The zero-order valence-corrected chi connectivity index (χ0v) is 10.2. The summed E-state index contributed by atoms with van der Waals surface area (Å²) in [6, 6.07) is 5.68. The predicted octanol–water partition coefficient (Wildman–Crippen LogP) is 4.50. The zero-order valence-electron chi connectivity index (χ0n) is 9.43. The minimum atomic E-state index is -0.747. The molecule has 0 aliphatic heterocycles. The van der Waals surface area contributed by atoms with Gasteiger partial charge in [0.25, 0.3) is 0 Å². The molecule has 1 aromatic heterocycles. The summed E-state index contributed by atoms with van der Waals surface area (Å²) in [4.78, 5) is 0. The summed E-state index contributed by atoms with van der Waals surface area (Å²) < 4.78 is 32.1. The quantitative estimate of drug-likeness (QED) is 0.721. The van der Waals surface area contributed by atoms with E-state index >= 15 is 0 Å². The van der Waals surface area contributed by atoms with Gasteiger partial charge >= 0.3 is 0 Å². The average molecular weight is 257 g/mol. The van der Waals surface area contributed by atoms with Crippen LogP contribution in [0, 0.1) is 25.5 Å². The molecule has 1 atom stereocenters. The Hall–Kier alpha value is -1.35. The largest absolute Gasteiger partial charge is 0.464 e. The van der Waals surface area contributed by atoms with Gasteiger partial charge in [-0.3, -0.25) is 0 Å². The van der Waals surface area contributed by atoms with Gasteiger partial charge in [-0.05, 0) is 37.6 Å². The van der Waals surface area contributed by atoms with Crippen LogP contribution in [0.4, 0.5) is 8.78 Å². The van der Waals surface area contributed by atoms with E-state index in [2.05, 4.69) is 0 Å². The van der Waals surface area contributed by atoms with Crippen LogP contribution >= 0.6 is 11.6 Å². The third kappa shape index (κ3) is 2.34. The van der Waals surface area contributed by atoms with E-state index in [1.165, 1.54) is 6.07 Å². The maximum absolute atomic E-state index is 13.6. The van der Waals surface area contributed by atoms with Crippen molar-refractivity contribution in [1.29, 1.82) is 0 Å². The number of alkyl halides is 1. The number of hydrogen-bond donors (Lipinski definition) is 0. The van der Waals surface area contributed by atoms with Gasteiger partial charge in [0.1, 0.15) is 28.5 Å². The summed E-state index contributed by atoms with van der Waals surface area (Å²) in [5.41, 5.74) is 0.579. The summed E-state index contributed by atoms with van der Waals surface area (Å²) in [6.07, 6.45) is 0. The van der Waals surface area contributed by atoms with Gasteiger partial charge in [-0.25, -0.2) is 8.78 Å². The van der Waals surface area contributed by atoms with Crippen molar-refractivity contribution in [2.45, 2.75) is 19.2 Å². The minimum Gasteiger partial charge on any atom is -0.464 e. The Morgan fingerprint density at radius 2 is 1.82 bits per heavy atom. The summed E-state index contributed by atoms with van der Waals surface area (Å²) in [6.45, 7) is 3.34. The molecule has 1 heterocycles. The first-order chi connectivity index (χ1) is 7.99. The van der Waals surface area contributed by atoms with E-state index in [1.54, 1.807) is 26.0 Å². The molecule has 0 spiro atoms. The number of benzene rings is 1. The van der Waals surface area contributed by atoms with Gasteiger partial charge in [-0.1, -0.05) is 0 Å². The number of rotatable bonds is 2. The number of hydrogen-bond acceptors (Lipinski definition) is 1. The van der Waals surface area contributed by atoms with Crippen molar-refractivity contribution in [1.82, 2.24) is 0 Å². The van der Waals surface area contributed by atoms with Gasteiger partial charge < -0.3 is 4.42 Å². The van der Waals surface area contributed by atoms with E-state index in [-0.39, 0.29) is 5.56 Å². The Bertz CT molecular complexity index is 548. The van der Waals surface area contributed by atoms with E-state index in [4.69, 9.17) is 16.0 Å².